The maximum atomic E-state index is 13.0. The summed E-state index contributed by atoms with van der Waals surface area (Å²) in [5.74, 6) is -0.795. The van der Waals surface area contributed by atoms with Crippen LogP contribution in [0.1, 0.15) is 38.5 Å². The Morgan fingerprint density at radius 1 is 0.852 bits per heavy atom. The van der Waals surface area contributed by atoms with Gasteiger partial charge in [-0.2, -0.15) is 0 Å². The number of rotatable bonds is 4. The molecule has 1 aliphatic rings. The Hall–Kier alpha value is -3.11. The smallest absolute Gasteiger partial charge is 0.201 e. The standard InChI is InChI=1S/C23H20O4/c1-27-19(13-14-7-3-2-4-8-14)20-15-9-5-11-17(24)21(15)23(26)22-16(20)10-6-12-18(22)25/h2-12,19-20,24-25H,13H2,1H3. The van der Waals surface area contributed by atoms with Crippen LogP contribution in [0.2, 0.25) is 0 Å². The Kier molecular flexibility index (Phi) is 4.42. The largest absolute Gasteiger partial charge is 0.507 e. The van der Waals surface area contributed by atoms with Crippen LogP contribution in [-0.4, -0.2) is 29.2 Å². The molecule has 0 saturated carbocycles. The van der Waals surface area contributed by atoms with Crippen LogP contribution in [0.4, 0.5) is 0 Å². The second-order valence-electron chi connectivity index (χ2n) is 6.75. The third-order valence-electron chi connectivity index (χ3n) is 5.23. The number of hydrogen-bond donors (Lipinski definition) is 2. The number of ether oxygens (including phenoxy) is 1. The molecular weight excluding hydrogens is 340 g/mol. The van der Waals surface area contributed by atoms with E-state index >= 15 is 0 Å². The van der Waals surface area contributed by atoms with Gasteiger partial charge in [0, 0.05) is 13.0 Å². The lowest BCUT2D eigenvalue weighted by Gasteiger charge is -2.33. The van der Waals surface area contributed by atoms with Gasteiger partial charge < -0.3 is 14.9 Å². The molecule has 0 spiro atoms. The van der Waals surface area contributed by atoms with Gasteiger partial charge in [-0.05, 0) is 35.2 Å². The first-order valence-electron chi connectivity index (χ1n) is 8.87. The van der Waals surface area contributed by atoms with Gasteiger partial charge in [-0.1, -0.05) is 54.6 Å². The van der Waals surface area contributed by atoms with E-state index in [1.807, 2.05) is 42.5 Å². The van der Waals surface area contributed by atoms with Gasteiger partial charge in [-0.3, -0.25) is 4.79 Å². The van der Waals surface area contributed by atoms with Crippen LogP contribution in [-0.2, 0) is 11.2 Å². The third-order valence-corrected chi connectivity index (χ3v) is 5.23. The predicted molar refractivity (Wildman–Crippen MR) is 102 cm³/mol. The zero-order valence-corrected chi connectivity index (χ0v) is 14.9. The van der Waals surface area contributed by atoms with Crippen molar-refractivity contribution in [1.82, 2.24) is 0 Å². The number of carbonyl (C=O) groups is 1. The van der Waals surface area contributed by atoms with Crippen LogP contribution in [0.3, 0.4) is 0 Å². The summed E-state index contributed by atoms with van der Waals surface area (Å²) in [4.78, 5) is 13.0. The van der Waals surface area contributed by atoms with Gasteiger partial charge in [-0.15, -0.1) is 0 Å². The predicted octanol–water partition coefficient (Wildman–Crippen LogP) is 4.03. The van der Waals surface area contributed by atoms with E-state index in [2.05, 4.69) is 0 Å². The molecule has 4 nitrogen and oxygen atoms in total. The average Bonchev–Trinajstić information content (AvgIpc) is 2.68. The highest BCUT2D eigenvalue weighted by molar-refractivity contribution is 6.15. The minimum Gasteiger partial charge on any atom is -0.507 e. The van der Waals surface area contributed by atoms with E-state index in [0.29, 0.717) is 6.42 Å². The lowest BCUT2D eigenvalue weighted by Crippen LogP contribution is -2.31. The van der Waals surface area contributed by atoms with Crippen LogP contribution in [0.5, 0.6) is 11.5 Å². The topological polar surface area (TPSA) is 66.8 Å². The molecule has 1 atom stereocenters. The van der Waals surface area contributed by atoms with Crippen molar-refractivity contribution in [1.29, 1.82) is 0 Å². The molecule has 3 aromatic rings. The average molecular weight is 360 g/mol. The minimum absolute atomic E-state index is 0.0778. The van der Waals surface area contributed by atoms with Crippen LogP contribution in [0.25, 0.3) is 0 Å². The van der Waals surface area contributed by atoms with Gasteiger partial charge in [0.25, 0.3) is 0 Å². The number of ketones is 1. The molecule has 0 fully saturated rings. The number of hydrogen-bond acceptors (Lipinski definition) is 4. The zero-order valence-electron chi connectivity index (χ0n) is 14.9. The summed E-state index contributed by atoms with van der Waals surface area (Å²) in [6.07, 6.45) is 0.377. The Bertz CT molecular complexity index is 939. The van der Waals surface area contributed by atoms with Crippen molar-refractivity contribution in [2.75, 3.05) is 7.11 Å². The molecule has 0 aliphatic heterocycles. The van der Waals surface area contributed by atoms with Crippen LogP contribution >= 0.6 is 0 Å². The molecule has 0 saturated heterocycles. The third kappa shape index (κ3) is 2.88. The maximum Gasteiger partial charge on any atom is 0.201 e. The molecule has 4 rings (SSSR count). The summed E-state index contributed by atoms with van der Waals surface area (Å²) < 4.78 is 5.85. The Morgan fingerprint density at radius 3 is 1.93 bits per heavy atom. The highest BCUT2D eigenvalue weighted by Gasteiger charge is 2.38. The second kappa shape index (κ2) is 6.89. The SMILES string of the molecule is COC(Cc1ccccc1)C1c2cccc(O)c2C(=O)c2c(O)cccc21. The first-order chi connectivity index (χ1) is 13.1. The molecule has 27 heavy (non-hydrogen) atoms. The number of phenols is 2. The lowest BCUT2D eigenvalue weighted by molar-refractivity contribution is 0.0858. The summed E-state index contributed by atoms with van der Waals surface area (Å²) in [7, 11) is 1.65. The number of aromatic hydroxyl groups is 2. The monoisotopic (exact) mass is 360 g/mol. The van der Waals surface area contributed by atoms with E-state index in [9.17, 15) is 15.0 Å². The summed E-state index contributed by atoms with van der Waals surface area (Å²) in [6.45, 7) is 0. The Balaban J connectivity index is 1.90. The Morgan fingerprint density at radius 2 is 1.41 bits per heavy atom. The van der Waals surface area contributed by atoms with Crippen molar-refractivity contribution in [2.24, 2.45) is 0 Å². The van der Waals surface area contributed by atoms with Crippen molar-refractivity contribution in [2.45, 2.75) is 18.4 Å². The van der Waals surface area contributed by atoms with Gasteiger partial charge in [0.1, 0.15) is 11.5 Å². The Labute approximate surface area is 157 Å². The number of fused-ring (bicyclic) bond motifs is 2. The van der Waals surface area contributed by atoms with Gasteiger partial charge in [-0.25, -0.2) is 0 Å². The van der Waals surface area contributed by atoms with Gasteiger partial charge in [0.2, 0.25) is 5.78 Å². The normalized spacial score (nSPS) is 14.5. The molecule has 136 valence electrons. The fraction of sp³-hybridized carbons (Fsp3) is 0.174. The lowest BCUT2D eigenvalue weighted by atomic mass is 9.73. The molecule has 1 aliphatic carbocycles. The summed E-state index contributed by atoms with van der Waals surface area (Å²) >= 11 is 0. The summed E-state index contributed by atoms with van der Waals surface area (Å²) in [5, 5.41) is 20.7. The van der Waals surface area contributed by atoms with Crippen molar-refractivity contribution < 1.29 is 19.7 Å². The van der Waals surface area contributed by atoms with Crippen molar-refractivity contribution in [3.05, 3.63) is 94.5 Å². The van der Waals surface area contributed by atoms with E-state index in [1.54, 1.807) is 19.2 Å². The minimum atomic E-state index is -0.359. The number of methoxy groups -OCH3 is 1. The molecule has 0 aromatic heterocycles. The second-order valence-corrected chi connectivity index (χ2v) is 6.75. The molecule has 2 N–H and O–H groups in total. The van der Waals surface area contributed by atoms with E-state index in [1.165, 1.54) is 12.1 Å². The number of benzene rings is 3. The van der Waals surface area contributed by atoms with Gasteiger partial charge >= 0.3 is 0 Å². The van der Waals surface area contributed by atoms with Crippen molar-refractivity contribution in [3.8, 4) is 11.5 Å². The van der Waals surface area contributed by atoms with Crippen molar-refractivity contribution >= 4 is 5.78 Å². The molecule has 4 heteroatoms. The molecule has 1 unspecified atom stereocenters. The molecule has 0 amide bonds. The van der Waals surface area contributed by atoms with Gasteiger partial charge in [0.05, 0.1) is 17.2 Å². The summed E-state index contributed by atoms with van der Waals surface area (Å²) in [6, 6.07) is 20.1. The molecule has 3 aromatic carbocycles. The molecule has 0 heterocycles. The van der Waals surface area contributed by atoms with E-state index in [4.69, 9.17) is 4.74 Å². The number of phenolic OH excluding ortho intramolecular Hbond substituents is 2. The van der Waals surface area contributed by atoms with Crippen LogP contribution < -0.4 is 0 Å². The van der Waals surface area contributed by atoms with Crippen LogP contribution in [0.15, 0.2) is 66.7 Å². The summed E-state index contributed by atoms with van der Waals surface area (Å²) in [5.41, 5.74) is 3.05. The van der Waals surface area contributed by atoms with E-state index in [-0.39, 0.29) is 40.4 Å². The molecule has 0 bridgehead atoms. The number of carbonyl (C=O) groups excluding carboxylic acids is 1. The highest BCUT2D eigenvalue weighted by Crippen LogP contribution is 2.45. The van der Waals surface area contributed by atoms with E-state index in [0.717, 1.165) is 16.7 Å². The fourth-order valence-corrected chi connectivity index (χ4v) is 4.00. The zero-order chi connectivity index (χ0) is 19.0. The first-order valence-corrected chi connectivity index (χ1v) is 8.87. The highest BCUT2D eigenvalue weighted by atomic mass is 16.5. The fourth-order valence-electron chi connectivity index (χ4n) is 4.00. The van der Waals surface area contributed by atoms with E-state index < -0.39 is 0 Å². The maximum absolute atomic E-state index is 13.0. The van der Waals surface area contributed by atoms with Crippen molar-refractivity contribution in [3.63, 3.8) is 0 Å². The molecular formula is C23H20O4. The molecule has 0 radical (unpaired) electrons. The quantitative estimate of drug-likeness (QED) is 0.737. The van der Waals surface area contributed by atoms with Gasteiger partial charge in [0.15, 0.2) is 0 Å². The first kappa shape index (κ1) is 17.3. The van der Waals surface area contributed by atoms with Crippen LogP contribution in [0, 0.1) is 0 Å².